The van der Waals surface area contributed by atoms with Crippen LogP contribution in [-0.2, 0) is 21.5 Å². The Bertz CT molecular complexity index is 1650. The first-order chi connectivity index (χ1) is 21.3. The van der Waals surface area contributed by atoms with E-state index in [-0.39, 0.29) is 53.6 Å². The van der Waals surface area contributed by atoms with Crippen LogP contribution in [0, 0.1) is 28.9 Å². The van der Waals surface area contributed by atoms with Crippen molar-refractivity contribution in [1.29, 1.82) is 5.26 Å². The number of fused-ring (bicyclic) bond motifs is 1. The van der Waals surface area contributed by atoms with Gasteiger partial charge >= 0.3 is 0 Å². The van der Waals surface area contributed by atoms with E-state index in [4.69, 9.17) is 20.5 Å². The predicted octanol–water partition coefficient (Wildman–Crippen LogP) is 4.80. The van der Waals surface area contributed by atoms with Crippen molar-refractivity contribution in [1.82, 2.24) is 19.6 Å². The number of rotatable bonds is 8. The van der Waals surface area contributed by atoms with Crippen molar-refractivity contribution in [2.24, 2.45) is 11.7 Å². The van der Waals surface area contributed by atoms with Crippen molar-refractivity contribution in [3.8, 4) is 17.3 Å². The maximum Gasteiger partial charge on any atom is 0.136 e. The van der Waals surface area contributed by atoms with Crippen molar-refractivity contribution in [3.63, 3.8) is 0 Å². The van der Waals surface area contributed by atoms with Crippen LogP contribution >= 0.6 is 0 Å². The van der Waals surface area contributed by atoms with Crippen molar-refractivity contribution >= 4 is 5.52 Å². The van der Waals surface area contributed by atoms with Gasteiger partial charge in [-0.15, -0.1) is 0 Å². The van der Waals surface area contributed by atoms with Gasteiger partial charge in [0, 0.05) is 50.9 Å². The van der Waals surface area contributed by atoms with E-state index in [0.717, 1.165) is 24.0 Å². The van der Waals surface area contributed by atoms with Gasteiger partial charge in [0.15, 0.2) is 0 Å². The highest BCUT2D eigenvalue weighted by atomic mass is 19.1. The minimum absolute atomic E-state index is 0.0989. The van der Waals surface area contributed by atoms with Crippen LogP contribution in [0.15, 0.2) is 48.9 Å². The van der Waals surface area contributed by atoms with Gasteiger partial charge in [-0.3, -0.25) is 4.98 Å². The zero-order chi connectivity index (χ0) is 30.8. The monoisotopic (exact) mass is 602 g/mol. The molecule has 9 nitrogen and oxygen atoms in total. The maximum absolute atomic E-state index is 15.4. The van der Waals surface area contributed by atoms with E-state index in [1.165, 1.54) is 12.1 Å². The molecule has 1 saturated heterocycles. The molecule has 1 aromatic carbocycles. The van der Waals surface area contributed by atoms with Crippen LogP contribution in [0.2, 0.25) is 0 Å². The number of nitriles is 1. The maximum atomic E-state index is 15.4. The van der Waals surface area contributed by atoms with Crippen LogP contribution in [0.4, 0.5) is 8.78 Å². The fourth-order valence-electron chi connectivity index (χ4n) is 6.77. The molecule has 3 aromatic heterocycles. The Morgan fingerprint density at radius 2 is 1.93 bits per heavy atom. The van der Waals surface area contributed by atoms with Crippen molar-refractivity contribution in [2.45, 2.75) is 69.1 Å². The first-order valence-electron chi connectivity index (χ1n) is 15.1. The van der Waals surface area contributed by atoms with Crippen LogP contribution in [0.5, 0.6) is 0 Å². The number of nitrogens with two attached hydrogens (primary N) is 1. The number of hydrogen-bond acceptors (Lipinski definition) is 8. The Morgan fingerprint density at radius 1 is 1.16 bits per heavy atom. The molecular formula is C33H36F2N6O3. The fraction of sp³-hybridized carbons (Fsp3) is 0.455. The lowest BCUT2D eigenvalue weighted by Gasteiger charge is -2.39. The highest BCUT2D eigenvalue weighted by Crippen LogP contribution is 2.39. The number of aliphatic hydroxyl groups is 1. The van der Waals surface area contributed by atoms with E-state index in [1.54, 1.807) is 29.0 Å². The van der Waals surface area contributed by atoms with Gasteiger partial charge in [0.05, 0.1) is 53.8 Å². The van der Waals surface area contributed by atoms with Gasteiger partial charge in [0.25, 0.3) is 0 Å². The predicted molar refractivity (Wildman–Crippen MR) is 158 cm³/mol. The summed E-state index contributed by atoms with van der Waals surface area (Å²) in [5, 5.41) is 24.4. The second kappa shape index (κ2) is 12.7. The van der Waals surface area contributed by atoms with Crippen LogP contribution < -0.4 is 5.73 Å². The lowest BCUT2D eigenvalue weighted by Crippen LogP contribution is -2.46. The Labute approximate surface area is 254 Å². The molecule has 4 atom stereocenters. The third-order valence-electron chi connectivity index (χ3n) is 9.06. The molecule has 0 amide bonds. The molecule has 1 aliphatic heterocycles. The van der Waals surface area contributed by atoms with Crippen LogP contribution in [0.1, 0.15) is 67.5 Å². The normalized spacial score (nSPS) is 23.5. The number of halogens is 2. The summed E-state index contributed by atoms with van der Waals surface area (Å²) in [6, 6.07) is 9.66. The second-order valence-electron chi connectivity index (χ2n) is 12.0. The topological polar surface area (TPSA) is 132 Å². The number of aromatic nitrogens is 4. The van der Waals surface area contributed by atoms with Gasteiger partial charge < -0.3 is 20.3 Å². The number of ether oxygens (including phenoxy) is 2. The average Bonchev–Trinajstić information content (AvgIpc) is 3.40. The zero-order valence-electron chi connectivity index (χ0n) is 24.6. The number of imidazole rings is 1. The van der Waals surface area contributed by atoms with E-state index in [1.807, 2.05) is 12.3 Å². The highest BCUT2D eigenvalue weighted by Gasteiger charge is 2.36. The number of nitrogens with zero attached hydrogens (tertiary/aromatic N) is 5. The molecule has 0 radical (unpaired) electrons. The van der Waals surface area contributed by atoms with Crippen LogP contribution in [0.3, 0.4) is 0 Å². The molecule has 230 valence electrons. The number of hydrogen-bond donors (Lipinski definition) is 2. The summed E-state index contributed by atoms with van der Waals surface area (Å²) in [7, 11) is 0. The molecule has 0 unspecified atom stereocenters. The molecule has 4 heterocycles. The lowest BCUT2D eigenvalue weighted by molar-refractivity contribution is -0.0682. The zero-order valence-corrected chi connectivity index (χ0v) is 24.6. The summed E-state index contributed by atoms with van der Waals surface area (Å²) in [4.78, 5) is 8.97. The molecule has 2 fully saturated rings. The highest BCUT2D eigenvalue weighted by molar-refractivity contribution is 5.63. The Morgan fingerprint density at radius 3 is 2.66 bits per heavy atom. The third-order valence-corrected chi connectivity index (χ3v) is 9.06. The first-order valence-corrected chi connectivity index (χ1v) is 15.1. The largest absolute Gasteiger partial charge is 0.385 e. The summed E-state index contributed by atoms with van der Waals surface area (Å²) >= 11 is 0. The van der Waals surface area contributed by atoms with Gasteiger partial charge in [0.1, 0.15) is 17.5 Å². The van der Waals surface area contributed by atoms with Gasteiger partial charge in [-0.2, -0.15) is 10.4 Å². The molecule has 0 spiro atoms. The van der Waals surface area contributed by atoms with Gasteiger partial charge in [0.2, 0.25) is 0 Å². The standard InChI is InChI=1S/C33H36F2N6O3/c1-20-13-21(14-28(37)32(20)44-10-2-8-36)25-5-9-38-18-22(25)15-30-39-19-24-3-4-29(40-41(24)30)31-26(34)16-23(17-27(31)35)33(42)6-11-43-12-7-33/h3-5,9,16-21,28,32,42H,2,6-7,10-15,37H2,1H3/t20-,21+,28+,32-/m0/s1. The van der Waals surface area contributed by atoms with Gasteiger partial charge in [-0.1, -0.05) is 6.92 Å². The van der Waals surface area contributed by atoms with Crippen molar-refractivity contribution in [2.75, 3.05) is 19.8 Å². The molecular weight excluding hydrogens is 566 g/mol. The Hall–Kier alpha value is -3.82. The van der Waals surface area contributed by atoms with Crippen LogP contribution in [-0.4, -0.2) is 56.7 Å². The summed E-state index contributed by atoms with van der Waals surface area (Å²) in [6.07, 6.45) is 8.09. The molecule has 44 heavy (non-hydrogen) atoms. The van der Waals surface area contributed by atoms with E-state index in [0.29, 0.717) is 44.0 Å². The molecule has 0 bridgehead atoms. The fourth-order valence-corrected chi connectivity index (χ4v) is 6.77. The molecule has 4 aromatic rings. The van der Waals surface area contributed by atoms with Crippen LogP contribution in [0.25, 0.3) is 16.8 Å². The lowest BCUT2D eigenvalue weighted by atomic mass is 9.73. The Balaban J connectivity index is 1.27. The first kappa shape index (κ1) is 30.2. The average molecular weight is 603 g/mol. The SMILES string of the molecule is C[C@H]1C[C@@H](c2ccncc2Cc2ncc3ccc(-c4c(F)cc(C5(O)CCOCC5)cc4F)nn23)C[C@@H](N)[C@H]1OCCC#N. The van der Waals surface area contributed by atoms with Crippen molar-refractivity contribution in [3.05, 3.63) is 83.1 Å². The van der Waals surface area contributed by atoms with Crippen molar-refractivity contribution < 1.29 is 23.4 Å². The second-order valence-corrected chi connectivity index (χ2v) is 12.0. The minimum Gasteiger partial charge on any atom is -0.385 e. The molecule has 6 rings (SSSR count). The minimum atomic E-state index is -1.33. The molecule has 1 saturated carbocycles. The molecule has 2 aliphatic rings. The molecule has 1 aliphatic carbocycles. The van der Waals surface area contributed by atoms with E-state index in [9.17, 15) is 5.11 Å². The third kappa shape index (κ3) is 5.95. The van der Waals surface area contributed by atoms with E-state index < -0.39 is 17.2 Å². The number of pyridine rings is 1. The summed E-state index contributed by atoms with van der Waals surface area (Å²) in [6.45, 7) is 3.16. The molecule has 3 N–H and O–H groups in total. The Kier molecular flexibility index (Phi) is 8.69. The van der Waals surface area contributed by atoms with E-state index >= 15 is 8.78 Å². The van der Waals surface area contributed by atoms with E-state index in [2.05, 4.69) is 28.1 Å². The van der Waals surface area contributed by atoms with Gasteiger partial charge in [-0.25, -0.2) is 18.3 Å². The quantitative estimate of drug-likeness (QED) is 0.275. The smallest absolute Gasteiger partial charge is 0.136 e. The summed E-state index contributed by atoms with van der Waals surface area (Å²) in [5.74, 6) is -0.573. The summed E-state index contributed by atoms with van der Waals surface area (Å²) < 4.78 is 43.8. The summed E-state index contributed by atoms with van der Waals surface area (Å²) in [5.41, 5.74) is 8.09. The molecule has 11 heteroatoms. The number of benzene rings is 1. The van der Waals surface area contributed by atoms with Gasteiger partial charge in [-0.05, 0) is 71.7 Å².